The maximum absolute atomic E-state index is 10.8. The Kier molecular flexibility index (Phi) is 5.02. The molecule has 1 aliphatic rings. The summed E-state index contributed by atoms with van der Waals surface area (Å²) >= 11 is 0. The number of aliphatic carboxylic acids is 1. The van der Waals surface area contributed by atoms with Crippen molar-refractivity contribution in [3.63, 3.8) is 0 Å². The Labute approximate surface area is 127 Å². The first kappa shape index (κ1) is 16.7. The molecule has 122 valence electrons. The largest absolute Gasteiger partial charge is 0.496 e. The van der Waals surface area contributed by atoms with Gasteiger partial charge in [0.15, 0.2) is 0 Å². The van der Waals surface area contributed by atoms with E-state index < -0.39 is 36.5 Å². The Bertz CT molecular complexity index is 545. The fourth-order valence-corrected chi connectivity index (χ4v) is 2.60. The summed E-state index contributed by atoms with van der Waals surface area (Å²) in [6.07, 6.45) is -5.69. The van der Waals surface area contributed by atoms with Crippen molar-refractivity contribution in [2.75, 3.05) is 7.11 Å². The van der Waals surface area contributed by atoms with Gasteiger partial charge < -0.3 is 29.9 Å². The van der Waals surface area contributed by atoms with Crippen molar-refractivity contribution in [3.8, 4) is 5.75 Å². The minimum absolute atomic E-state index is 0.180. The molecule has 4 N–H and O–H groups in total. The van der Waals surface area contributed by atoms with Gasteiger partial charge in [0.25, 0.3) is 0 Å². The second-order valence-corrected chi connectivity index (χ2v) is 5.38. The van der Waals surface area contributed by atoms with Crippen LogP contribution in [0.1, 0.15) is 24.2 Å². The van der Waals surface area contributed by atoms with Gasteiger partial charge in [0, 0.05) is 5.56 Å². The van der Waals surface area contributed by atoms with Crippen LogP contribution in [0.15, 0.2) is 18.2 Å². The smallest absolute Gasteiger partial charge is 0.307 e. The Hall–Kier alpha value is -1.67. The van der Waals surface area contributed by atoms with E-state index in [1.807, 2.05) is 0 Å². The molecule has 1 heterocycles. The van der Waals surface area contributed by atoms with Gasteiger partial charge in [-0.15, -0.1) is 0 Å². The molecule has 0 saturated carbocycles. The summed E-state index contributed by atoms with van der Waals surface area (Å²) in [5.74, 6) is -0.570. The Morgan fingerprint density at radius 1 is 1.23 bits per heavy atom. The molecule has 0 amide bonds. The molecule has 1 saturated heterocycles. The van der Waals surface area contributed by atoms with E-state index in [0.717, 1.165) is 0 Å². The standard InChI is InChI=1S/C15H20O7/c1-7-12(18)13(19)14(20)15(22-7)9-5-8(6-11(16)17)3-4-10(9)21-2/h3-5,7,12-15,18-20H,6H2,1-2H3,(H,16,17)/t7?,12-,13?,14?,15-/m1/s1. The van der Waals surface area contributed by atoms with Gasteiger partial charge in [-0.05, 0) is 24.6 Å². The number of carboxylic acids is 1. The fourth-order valence-electron chi connectivity index (χ4n) is 2.60. The maximum Gasteiger partial charge on any atom is 0.307 e. The van der Waals surface area contributed by atoms with E-state index in [0.29, 0.717) is 16.9 Å². The first-order valence-corrected chi connectivity index (χ1v) is 6.93. The third kappa shape index (κ3) is 3.22. The zero-order valence-corrected chi connectivity index (χ0v) is 12.3. The minimum Gasteiger partial charge on any atom is -0.496 e. The highest BCUT2D eigenvalue weighted by Gasteiger charge is 2.43. The molecule has 5 atom stereocenters. The molecule has 22 heavy (non-hydrogen) atoms. The number of hydrogen-bond acceptors (Lipinski definition) is 6. The van der Waals surface area contributed by atoms with Crippen LogP contribution in [0.3, 0.4) is 0 Å². The van der Waals surface area contributed by atoms with Crippen LogP contribution in [0.5, 0.6) is 5.75 Å². The van der Waals surface area contributed by atoms with Gasteiger partial charge >= 0.3 is 5.97 Å². The second-order valence-electron chi connectivity index (χ2n) is 5.38. The van der Waals surface area contributed by atoms with Crippen LogP contribution < -0.4 is 4.74 Å². The predicted molar refractivity (Wildman–Crippen MR) is 75.6 cm³/mol. The summed E-state index contributed by atoms with van der Waals surface area (Å²) in [6.45, 7) is 1.58. The number of carbonyl (C=O) groups is 1. The first-order valence-electron chi connectivity index (χ1n) is 6.93. The number of aliphatic hydroxyl groups excluding tert-OH is 3. The molecule has 0 bridgehead atoms. The molecular weight excluding hydrogens is 292 g/mol. The average Bonchev–Trinajstić information content (AvgIpc) is 2.48. The van der Waals surface area contributed by atoms with E-state index in [4.69, 9.17) is 14.6 Å². The van der Waals surface area contributed by atoms with Gasteiger partial charge in [0.05, 0.1) is 19.6 Å². The molecule has 0 radical (unpaired) electrons. The lowest BCUT2D eigenvalue weighted by molar-refractivity contribution is -0.219. The lowest BCUT2D eigenvalue weighted by atomic mass is 9.90. The summed E-state index contributed by atoms with van der Waals surface area (Å²) in [7, 11) is 1.44. The Morgan fingerprint density at radius 2 is 1.91 bits per heavy atom. The van der Waals surface area contributed by atoms with Crippen LogP contribution in [0.2, 0.25) is 0 Å². The lowest BCUT2D eigenvalue weighted by Gasteiger charge is -2.40. The van der Waals surface area contributed by atoms with Gasteiger partial charge in [-0.2, -0.15) is 0 Å². The maximum atomic E-state index is 10.8. The normalized spacial score (nSPS) is 31.8. The number of carboxylic acid groups (broad SMARTS) is 1. The Balaban J connectivity index is 2.38. The predicted octanol–water partition coefficient (Wildman–Crippen LogP) is -0.135. The number of benzene rings is 1. The summed E-state index contributed by atoms with van der Waals surface area (Å²) in [6, 6.07) is 4.77. The number of rotatable bonds is 4. The van der Waals surface area contributed by atoms with Crippen molar-refractivity contribution in [2.45, 2.75) is 43.9 Å². The zero-order chi connectivity index (χ0) is 16.4. The SMILES string of the molecule is COc1ccc(CC(=O)O)cc1[C@H]1OC(C)[C@@H](O)C(O)C1O. The van der Waals surface area contributed by atoms with Crippen molar-refractivity contribution in [3.05, 3.63) is 29.3 Å². The number of aliphatic hydroxyl groups is 3. The summed E-state index contributed by atoms with van der Waals surface area (Å²) in [5, 5.41) is 38.7. The van der Waals surface area contributed by atoms with Crippen molar-refractivity contribution >= 4 is 5.97 Å². The van der Waals surface area contributed by atoms with E-state index in [9.17, 15) is 20.1 Å². The van der Waals surface area contributed by atoms with E-state index in [1.54, 1.807) is 25.1 Å². The summed E-state index contributed by atoms with van der Waals surface area (Å²) < 4.78 is 10.8. The molecule has 1 aromatic carbocycles. The molecule has 1 fully saturated rings. The minimum atomic E-state index is -1.36. The van der Waals surface area contributed by atoms with E-state index >= 15 is 0 Å². The molecule has 1 aromatic rings. The monoisotopic (exact) mass is 312 g/mol. The molecular formula is C15H20O7. The van der Waals surface area contributed by atoms with Crippen molar-refractivity contribution < 1.29 is 34.7 Å². The van der Waals surface area contributed by atoms with Gasteiger partial charge in [-0.1, -0.05) is 6.07 Å². The van der Waals surface area contributed by atoms with Crippen LogP contribution in [0.25, 0.3) is 0 Å². The highest BCUT2D eigenvalue weighted by atomic mass is 16.5. The van der Waals surface area contributed by atoms with Gasteiger partial charge in [-0.3, -0.25) is 4.79 Å². The molecule has 0 aromatic heterocycles. The van der Waals surface area contributed by atoms with Crippen molar-refractivity contribution in [2.24, 2.45) is 0 Å². The number of hydrogen-bond donors (Lipinski definition) is 4. The summed E-state index contributed by atoms with van der Waals surface area (Å²) in [5.41, 5.74) is 0.957. The average molecular weight is 312 g/mol. The third-order valence-corrected chi connectivity index (χ3v) is 3.81. The molecule has 3 unspecified atom stereocenters. The second kappa shape index (κ2) is 6.62. The van der Waals surface area contributed by atoms with Crippen LogP contribution in [-0.4, -0.2) is 57.9 Å². The highest BCUT2D eigenvalue weighted by Crippen LogP contribution is 2.37. The molecule has 2 rings (SSSR count). The molecule has 0 aliphatic carbocycles. The van der Waals surface area contributed by atoms with Crippen LogP contribution in [0.4, 0.5) is 0 Å². The highest BCUT2D eigenvalue weighted by molar-refractivity contribution is 5.70. The number of methoxy groups -OCH3 is 1. The van der Waals surface area contributed by atoms with E-state index in [-0.39, 0.29) is 6.42 Å². The lowest BCUT2D eigenvalue weighted by Crippen LogP contribution is -2.53. The van der Waals surface area contributed by atoms with Gasteiger partial charge in [0.2, 0.25) is 0 Å². The molecule has 1 aliphatic heterocycles. The van der Waals surface area contributed by atoms with Crippen LogP contribution in [0, 0.1) is 0 Å². The molecule has 7 heteroatoms. The molecule has 7 nitrogen and oxygen atoms in total. The number of ether oxygens (including phenoxy) is 2. The van der Waals surface area contributed by atoms with Gasteiger partial charge in [-0.25, -0.2) is 0 Å². The van der Waals surface area contributed by atoms with E-state index in [2.05, 4.69) is 0 Å². The van der Waals surface area contributed by atoms with Crippen molar-refractivity contribution in [1.82, 2.24) is 0 Å². The third-order valence-electron chi connectivity index (χ3n) is 3.81. The quantitative estimate of drug-likeness (QED) is 0.611. The zero-order valence-electron chi connectivity index (χ0n) is 12.3. The van der Waals surface area contributed by atoms with Crippen LogP contribution >= 0.6 is 0 Å². The Morgan fingerprint density at radius 3 is 2.50 bits per heavy atom. The summed E-state index contributed by atoms with van der Waals surface area (Å²) in [4.78, 5) is 10.8. The fraction of sp³-hybridized carbons (Fsp3) is 0.533. The first-order chi connectivity index (χ1) is 10.3. The van der Waals surface area contributed by atoms with Gasteiger partial charge in [0.1, 0.15) is 30.2 Å². The van der Waals surface area contributed by atoms with Crippen LogP contribution in [-0.2, 0) is 16.0 Å². The topological polar surface area (TPSA) is 116 Å². The van der Waals surface area contributed by atoms with E-state index in [1.165, 1.54) is 7.11 Å². The molecule has 0 spiro atoms. The van der Waals surface area contributed by atoms with Crippen molar-refractivity contribution in [1.29, 1.82) is 0 Å².